The molecule has 2 aromatic heterocycles. The van der Waals surface area contributed by atoms with Gasteiger partial charge < -0.3 is 10.2 Å². The molecule has 1 amide bonds. The van der Waals surface area contributed by atoms with Crippen molar-refractivity contribution in [3.8, 4) is 0 Å². The summed E-state index contributed by atoms with van der Waals surface area (Å²) in [6, 6.07) is 2.33. The van der Waals surface area contributed by atoms with Gasteiger partial charge >= 0.3 is 0 Å². The quantitative estimate of drug-likeness (QED) is 0.888. The number of nitrogens with one attached hydrogen (secondary N) is 1. The molecule has 0 aliphatic carbocycles. The number of amides is 1. The molecule has 0 aromatic carbocycles. The number of hydrogen-bond donors (Lipinski definition) is 1. The number of aryl methyl sites for hydroxylation is 2. The van der Waals surface area contributed by atoms with E-state index in [0.29, 0.717) is 24.7 Å². The average Bonchev–Trinajstić information content (AvgIpc) is 3.14. The second-order valence-corrected chi connectivity index (χ2v) is 7.27. The topological polar surface area (TPSA) is 80.9 Å². The maximum Gasteiger partial charge on any atom is 0.276 e. The standard InChI is InChI=1S/C17H25N7O/c1-12-6-13(2)24(20-12)15-9-22(10-15)17(25)16-11-23(21-19-16)8-14-4-3-5-18-7-14/h6,11,14-15,18H,3-5,7-10H2,1-2H3/t14-/m0/s1. The minimum atomic E-state index is -0.0363. The van der Waals surface area contributed by atoms with E-state index in [9.17, 15) is 4.79 Å². The van der Waals surface area contributed by atoms with Crippen LogP contribution in [0.1, 0.15) is 40.8 Å². The molecule has 1 N–H and O–H groups in total. The number of rotatable bonds is 4. The zero-order chi connectivity index (χ0) is 17.4. The molecule has 0 bridgehead atoms. The monoisotopic (exact) mass is 343 g/mol. The SMILES string of the molecule is Cc1cc(C)n(C2CN(C(=O)c3cn(C[C@H]4CCCNC4)nn3)C2)n1. The molecule has 2 saturated heterocycles. The van der Waals surface area contributed by atoms with E-state index < -0.39 is 0 Å². The van der Waals surface area contributed by atoms with E-state index >= 15 is 0 Å². The summed E-state index contributed by atoms with van der Waals surface area (Å²) in [7, 11) is 0. The lowest BCUT2D eigenvalue weighted by atomic mass is 10.00. The molecule has 2 aromatic rings. The lowest BCUT2D eigenvalue weighted by Crippen LogP contribution is -2.51. The van der Waals surface area contributed by atoms with Crippen molar-refractivity contribution in [2.75, 3.05) is 26.2 Å². The predicted molar refractivity (Wildman–Crippen MR) is 92.3 cm³/mol. The van der Waals surface area contributed by atoms with Gasteiger partial charge in [0.25, 0.3) is 5.91 Å². The normalized spacial score (nSPS) is 21.4. The molecule has 134 valence electrons. The Balaban J connectivity index is 1.34. The molecule has 0 saturated carbocycles. The van der Waals surface area contributed by atoms with Crippen LogP contribution in [0.5, 0.6) is 0 Å². The first-order valence-electron chi connectivity index (χ1n) is 9.03. The van der Waals surface area contributed by atoms with Crippen molar-refractivity contribution < 1.29 is 4.79 Å². The van der Waals surface area contributed by atoms with Gasteiger partial charge in [-0.05, 0) is 51.8 Å². The van der Waals surface area contributed by atoms with Gasteiger partial charge in [0.05, 0.1) is 17.9 Å². The van der Waals surface area contributed by atoms with E-state index in [-0.39, 0.29) is 11.9 Å². The Morgan fingerprint density at radius 2 is 2.20 bits per heavy atom. The molecular formula is C17H25N7O. The van der Waals surface area contributed by atoms with Crippen LogP contribution in [0.3, 0.4) is 0 Å². The fourth-order valence-electron chi connectivity index (χ4n) is 3.78. The van der Waals surface area contributed by atoms with Gasteiger partial charge in [0.2, 0.25) is 0 Å². The molecule has 2 fully saturated rings. The fraction of sp³-hybridized carbons (Fsp3) is 0.647. The van der Waals surface area contributed by atoms with Gasteiger partial charge in [0.15, 0.2) is 5.69 Å². The molecule has 0 radical (unpaired) electrons. The highest BCUT2D eigenvalue weighted by molar-refractivity contribution is 5.92. The molecule has 2 aliphatic rings. The van der Waals surface area contributed by atoms with Crippen LogP contribution in [0, 0.1) is 19.8 Å². The Morgan fingerprint density at radius 3 is 2.88 bits per heavy atom. The highest BCUT2D eigenvalue weighted by Crippen LogP contribution is 2.24. The molecule has 8 nitrogen and oxygen atoms in total. The van der Waals surface area contributed by atoms with E-state index in [1.165, 1.54) is 12.8 Å². The Kier molecular flexibility index (Phi) is 4.29. The van der Waals surface area contributed by atoms with Crippen LogP contribution in [0.2, 0.25) is 0 Å². The summed E-state index contributed by atoms with van der Waals surface area (Å²) in [6.07, 6.45) is 4.19. The molecule has 8 heteroatoms. The van der Waals surface area contributed by atoms with Gasteiger partial charge in [-0.2, -0.15) is 5.10 Å². The number of likely N-dealkylation sites (tertiary alicyclic amines) is 1. The highest BCUT2D eigenvalue weighted by Gasteiger charge is 2.34. The summed E-state index contributed by atoms with van der Waals surface area (Å²) in [6.45, 7) is 8.34. The third-order valence-corrected chi connectivity index (χ3v) is 5.14. The van der Waals surface area contributed by atoms with Crippen LogP contribution < -0.4 is 5.32 Å². The number of carbonyl (C=O) groups excluding carboxylic acids is 1. The van der Waals surface area contributed by atoms with Crippen molar-refractivity contribution in [2.24, 2.45) is 5.92 Å². The van der Waals surface area contributed by atoms with E-state index in [4.69, 9.17) is 0 Å². The summed E-state index contributed by atoms with van der Waals surface area (Å²) in [5.74, 6) is 0.531. The van der Waals surface area contributed by atoms with Crippen molar-refractivity contribution in [3.63, 3.8) is 0 Å². The van der Waals surface area contributed by atoms with Crippen LogP contribution in [-0.4, -0.2) is 61.8 Å². The third-order valence-electron chi connectivity index (χ3n) is 5.14. The Hall–Kier alpha value is -2.22. The first-order chi connectivity index (χ1) is 12.1. The minimum Gasteiger partial charge on any atom is -0.333 e. The number of aromatic nitrogens is 5. The van der Waals surface area contributed by atoms with Gasteiger partial charge in [-0.15, -0.1) is 5.10 Å². The highest BCUT2D eigenvalue weighted by atomic mass is 16.2. The maximum absolute atomic E-state index is 12.6. The number of nitrogens with zero attached hydrogens (tertiary/aromatic N) is 6. The van der Waals surface area contributed by atoms with E-state index in [1.54, 1.807) is 6.20 Å². The molecule has 1 atom stereocenters. The maximum atomic E-state index is 12.6. The first-order valence-corrected chi connectivity index (χ1v) is 9.03. The van der Waals surface area contributed by atoms with Crippen molar-refractivity contribution in [1.82, 2.24) is 35.0 Å². The van der Waals surface area contributed by atoms with Crippen molar-refractivity contribution in [1.29, 1.82) is 0 Å². The Morgan fingerprint density at radius 1 is 1.36 bits per heavy atom. The van der Waals surface area contributed by atoms with Crippen molar-refractivity contribution in [2.45, 2.75) is 39.3 Å². The van der Waals surface area contributed by atoms with Gasteiger partial charge in [-0.1, -0.05) is 5.21 Å². The summed E-state index contributed by atoms with van der Waals surface area (Å²) in [4.78, 5) is 14.4. The number of carbonyl (C=O) groups is 1. The van der Waals surface area contributed by atoms with Crippen molar-refractivity contribution in [3.05, 3.63) is 29.3 Å². The largest absolute Gasteiger partial charge is 0.333 e. The second-order valence-electron chi connectivity index (χ2n) is 7.27. The molecule has 0 unspecified atom stereocenters. The summed E-state index contributed by atoms with van der Waals surface area (Å²) < 4.78 is 3.83. The molecule has 0 spiro atoms. The van der Waals surface area contributed by atoms with Gasteiger partial charge in [0, 0.05) is 25.3 Å². The van der Waals surface area contributed by atoms with Gasteiger partial charge in [-0.3, -0.25) is 14.2 Å². The van der Waals surface area contributed by atoms with Crippen LogP contribution in [0.4, 0.5) is 0 Å². The number of piperidine rings is 1. The summed E-state index contributed by atoms with van der Waals surface area (Å²) >= 11 is 0. The summed E-state index contributed by atoms with van der Waals surface area (Å²) in [5, 5.41) is 16.1. The Labute approximate surface area is 147 Å². The van der Waals surface area contributed by atoms with Crippen LogP contribution in [0.25, 0.3) is 0 Å². The smallest absolute Gasteiger partial charge is 0.276 e. The number of hydrogen-bond acceptors (Lipinski definition) is 5. The zero-order valence-electron chi connectivity index (χ0n) is 14.9. The summed E-state index contributed by atoms with van der Waals surface area (Å²) in [5.41, 5.74) is 2.60. The Bertz CT molecular complexity index is 753. The van der Waals surface area contributed by atoms with Gasteiger partial charge in [-0.25, -0.2) is 0 Å². The van der Waals surface area contributed by atoms with Crippen molar-refractivity contribution >= 4 is 5.91 Å². The molecule has 25 heavy (non-hydrogen) atoms. The third kappa shape index (κ3) is 3.30. The zero-order valence-corrected chi connectivity index (χ0v) is 14.9. The van der Waals surface area contributed by atoms with E-state index in [1.807, 2.05) is 21.2 Å². The molecule has 4 heterocycles. The minimum absolute atomic E-state index is 0.0363. The predicted octanol–water partition coefficient (Wildman–Crippen LogP) is 0.788. The van der Waals surface area contributed by atoms with Gasteiger partial charge in [0.1, 0.15) is 0 Å². The lowest BCUT2D eigenvalue weighted by molar-refractivity contribution is 0.0491. The van der Waals surface area contributed by atoms with Crippen LogP contribution in [0.15, 0.2) is 12.3 Å². The van der Waals surface area contributed by atoms with Crippen LogP contribution >= 0.6 is 0 Å². The average molecular weight is 343 g/mol. The van der Waals surface area contributed by atoms with E-state index in [0.717, 1.165) is 31.0 Å². The molecular weight excluding hydrogens is 318 g/mol. The second kappa shape index (κ2) is 6.59. The molecule has 4 rings (SSSR count). The molecule has 2 aliphatic heterocycles. The first kappa shape index (κ1) is 16.3. The fourth-order valence-corrected chi connectivity index (χ4v) is 3.78. The lowest BCUT2D eigenvalue weighted by Gasteiger charge is -2.39. The van der Waals surface area contributed by atoms with Crippen LogP contribution in [-0.2, 0) is 6.54 Å². The van der Waals surface area contributed by atoms with E-state index in [2.05, 4.69) is 33.7 Å².